The van der Waals surface area contributed by atoms with Crippen molar-refractivity contribution in [3.63, 3.8) is 0 Å². The average Bonchev–Trinajstić information content (AvgIpc) is 2.52. The second-order valence-corrected chi connectivity index (χ2v) is 5.23. The molecule has 0 bridgehead atoms. The number of hydrogen-bond acceptors (Lipinski definition) is 4. The number of carbonyl (C=O) groups excluding carboxylic acids is 1. The Bertz CT molecular complexity index is 540. The lowest BCUT2D eigenvalue weighted by molar-refractivity contribution is -0.127. The fraction of sp³-hybridized carbons (Fsp3) is 0.500. The van der Waals surface area contributed by atoms with Crippen LogP contribution in [0.3, 0.4) is 0 Å². The van der Waals surface area contributed by atoms with Crippen molar-refractivity contribution in [3.8, 4) is 5.75 Å². The van der Waals surface area contributed by atoms with Crippen LogP contribution in [0.15, 0.2) is 23.4 Å². The molecular weight excluding hydrogens is 268 g/mol. The van der Waals surface area contributed by atoms with Crippen LogP contribution in [0.1, 0.15) is 44.2 Å². The quantitative estimate of drug-likeness (QED) is 0.646. The number of oxime groups is 1. The van der Waals surface area contributed by atoms with Crippen molar-refractivity contribution in [1.82, 2.24) is 5.32 Å². The van der Waals surface area contributed by atoms with Gasteiger partial charge in [0.15, 0.2) is 6.10 Å². The van der Waals surface area contributed by atoms with E-state index in [1.54, 1.807) is 6.92 Å². The van der Waals surface area contributed by atoms with E-state index in [4.69, 9.17) is 9.94 Å². The molecule has 1 atom stereocenters. The molecule has 1 aliphatic rings. The lowest BCUT2D eigenvalue weighted by Gasteiger charge is -2.22. The lowest BCUT2D eigenvalue weighted by atomic mass is 9.89. The highest BCUT2D eigenvalue weighted by atomic mass is 16.5. The van der Waals surface area contributed by atoms with Gasteiger partial charge in [-0.3, -0.25) is 4.79 Å². The molecule has 5 nitrogen and oxygen atoms in total. The molecule has 5 heteroatoms. The van der Waals surface area contributed by atoms with Crippen molar-refractivity contribution in [1.29, 1.82) is 0 Å². The Morgan fingerprint density at radius 1 is 1.48 bits per heavy atom. The summed E-state index contributed by atoms with van der Waals surface area (Å²) in [6.45, 7) is 4.41. The molecular formula is C16H22N2O3. The molecule has 1 aromatic carbocycles. The van der Waals surface area contributed by atoms with Crippen LogP contribution >= 0.6 is 0 Å². The van der Waals surface area contributed by atoms with Gasteiger partial charge in [-0.05, 0) is 38.7 Å². The third-order valence-corrected chi connectivity index (χ3v) is 3.63. The van der Waals surface area contributed by atoms with Crippen LogP contribution in [0.5, 0.6) is 5.75 Å². The van der Waals surface area contributed by atoms with E-state index in [0.717, 1.165) is 36.8 Å². The number of carbonyl (C=O) groups is 1. The van der Waals surface area contributed by atoms with E-state index < -0.39 is 6.10 Å². The van der Waals surface area contributed by atoms with E-state index in [1.807, 2.05) is 25.1 Å². The molecule has 0 fully saturated rings. The molecule has 0 saturated heterocycles. The van der Waals surface area contributed by atoms with Crippen LogP contribution < -0.4 is 10.1 Å². The molecule has 0 aliphatic heterocycles. The number of nitrogens with zero attached hydrogens (tertiary/aromatic N) is 1. The second-order valence-electron chi connectivity index (χ2n) is 5.23. The highest BCUT2D eigenvalue weighted by Crippen LogP contribution is 2.30. The van der Waals surface area contributed by atoms with Gasteiger partial charge in [0.25, 0.3) is 5.91 Å². The van der Waals surface area contributed by atoms with Gasteiger partial charge in [0.05, 0.1) is 5.71 Å². The number of benzene rings is 1. The number of ether oxygens (including phenoxy) is 1. The second kappa shape index (κ2) is 7.11. The van der Waals surface area contributed by atoms with Crippen molar-refractivity contribution in [2.75, 3.05) is 6.54 Å². The van der Waals surface area contributed by atoms with Gasteiger partial charge in [-0.2, -0.15) is 0 Å². The van der Waals surface area contributed by atoms with Crippen molar-refractivity contribution in [3.05, 3.63) is 29.3 Å². The summed E-state index contributed by atoms with van der Waals surface area (Å²) >= 11 is 0. The predicted octanol–water partition coefficient (Wildman–Crippen LogP) is 2.49. The maximum absolute atomic E-state index is 11.9. The fourth-order valence-electron chi connectivity index (χ4n) is 2.51. The molecule has 1 amide bonds. The van der Waals surface area contributed by atoms with Crippen LogP contribution in [0.4, 0.5) is 0 Å². The molecule has 1 unspecified atom stereocenters. The van der Waals surface area contributed by atoms with E-state index in [9.17, 15) is 4.79 Å². The molecule has 2 N–H and O–H groups in total. The third kappa shape index (κ3) is 3.54. The van der Waals surface area contributed by atoms with Gasteiger partial charge < -0.3 is 15.3 Å². The molecule has 0 heterocycles. The van der Waals surface area contributed by atoms with Gasteiger partial charge in [0, 0.05) is 17.7 Å². The predicted molar refractivity (Wildman–Crippen MR) is 81.1 cm³/mol. The SMILES string of the molecule is CCCNC(=O)C(C)Oc1cccc2c1CCCC2=NO. The number of amides is 1. The van der Waals surface area contributed by atoms with Crippen LogP contribution in [-0.2, 0) is 11.2 Å². The Hall–Kier alpha value is -2.04. The van der Waals surface area contributed by atoms with Gasteiger partial charge in [0.2, 0.25) is 0 Å². The molecule has 114 valence electrons. The van der Waals surface area contributed by atoms with E-state index in [2.05, 4.69) is 10.5 Å². The summed E-state index contributed by atoms with van der Waals surface area (Å²) in [5, 5.41) is 15.3. The van der Waals surface area contributed by atoms with Crippen LogP contribution in [0, 0.1) is 0 Å². The van der Waals surface area contributed by atoms with E-state index in [0.29, 0.717) is 18.0 Å². The minimum absolute atomic E-state index is 0.110. The number of hydrogen-bond donors (Lipinski definition) is 2. The standard InChI is InChI=1S/C16H22N2O3/c1-3-10-17-16(19)11(2)21-15-9-5-6-12-13(15)7-4-8-14(12)18-20/h5-6,9,11,20H,3-4,7-8,10H2,1-2H3,(H,17,19). The summed E-state index contributed by atoms with van der Waals surface area (Å²) < 4.78 is 5.82. The monoisotopic (exact) mass is 290 g/mol. The van der Waals surface area contributed by atoms with E-state index in [-0.39, 0.29) is 5.91 Å². The molecule has 1 aromatic rings. The average molecular weight is 290 g/mol. The van der Waals surface area contributed by atoms with E-state index in [1.165, 1.54) is 0 Å². The maximum Gasteiger partial charge on any atom is 0.260 e. The normalized spacial score (nSPS) is 17.1. The van der Waals surface area contributed by atoms with Crippen molar-refractivity contribution in [2.24, 2.45) is 5.16 Å². The first-order valence-electron chi connectivity index (χ1n) is 7.45. The summed E-state index contributed by atoms with van der Waals surface area (Å²) in [4.78, 5) is 11.9. The molecule has 21 heavy (non-hydrogen) atoms. The topological polar surface area (TPSA) is 70.9 Å². The van der Waals surface area contributed by atoms with Gasteiger partial charge in [-0.1, -0.05) is 24.2 Å². The number of fused-ring (bicyclic) bond motifs is 1. The zero-order chi connectivity index (χ0) is 15.2. The molecule has 0 spiro atoms. The number of nitrogens with one attached hydrogen (secondary N) is 1. The highest BCUT2D eigenvalue weighted by Gasteiger charge is 2.22. The highest BCUT2D eigenvalue weighted by molar-refractivity contribution is 6.02. The zero-order valence-corrected chi connectivity index (χ0v) is 12.6. The van der Waals surface area contributed by atoms with Gasteiger partial charge in [0.1, 0.15) is 5.75 Å². The summed E-state index contributed by atoms with van der Waals surface area (Å²) in [7, 11) is 0. The minimum Gasteiger partial charge on any atom is -0.481 e. The lowest BCUT2D eigenvalue weighted by Crippen LogP contribution is -2.37. The Labute approximate surface area is 125 Å². The van der Waals surface area contributed by atoms with Gasteiger partial charge >= 0.3 is 0 Å². The largest absolute Gasteiger partial charge is 0.481 e. The van der Waals surface area contributed by atoms with E-state index >= 15 is 0 Å². The summed E-state index contributed by atoms with van der Waals surface area (Å²) in [5.41, 5.74) is 2.62. The summed E-state index contributed by atoms with van der Waals surface area (Å²) in [5.74, 6) is 0.591. The van der Waals surface area contributed by atoms with Crippen LogP contribution in [-0.4, -0.2) is 29.5 Å². The number of rotatable bonds is 5. The first-order valence-corrected chi connectivity index (χ1v) is 7.45. The third-order valence-electron chi connectivity index (χ3n) is 3.63. The molecule has 1 aliphatic carbocycles. The molecule has 0 aromatic heterocycles. The maximum atomic E-state index is 11.9. The smallest absolute Gasteiger partial charge is 0.260 e. The first-order chi connectivity index (χ1) is 10.2. The van der Waals surface area contributed by atoms with Crippen molar-refractivity contribution in [2.45, 2.75) is 45.6 Å². The molecule has 0 radical (unpaired) electrons. The van der Waals surface area contributed by atoms with Crippen LogP contribution in [0.25, 0.3) is 0 Å². The van der Waals surface area contributed by atoms with Gasteiger partial charge in [-0.25, -0.2) is 0 Å². The Kier molecular flexibility index (Phi) is 5.20. The Morgan fingerprint density at radius 3 is 3.00 bits per heavy atom. The Morgan fingerprint density at radius 2 is 2.29 bits per heavy atom. The summed E-state index contributed by atoms with van der Waals surface area (Å²) in [6.07, 6.45) is 2.91. The zero-order valence-electron chi connectivity index (χ0n) is 12.6. The minimum atomic E-state index is -0.542. The van der Waals surface area contributed by atoms with Crippen molar-refractivity contribution >= 4 is 11.6 Å². The van der Waals surface area contributed by atoms with Gasteiger partial charge in [-0.15, -0.1) is 0 Å². The first kappa shape index (κ1) is 15.4. The van der Waals surface area contributed by atoms with Crippen LogP contribution in [0.2, 0.25) is 0 Å². The Balaban J connectivity index is 2.16. The molecule has 0 saturated carbocycles. The molecule has 2 rings (SSSR count). The van der Waals surface area contributed by atoms with Crippen molar-refractivity contribution < 1.29 is 14.7 Å². The summed E-state index contributed by atoms with van der Waals surface area (Å²) in [6, 6.07) is 5.66. The fourth-order valence-corrected chi connectivity index (χ4v) is 2.51.